The number of aliphatic imine (C=N–C) groups is 1. The number of fused-ring (bicyclic) bond motifs is 2. The molecule has 116 valence electrons. The number of nitrogens with zero attached hydrogens (tertiary/aromatic N) is 2. The Kier molecular flexibility index (Phi) is 3.53. The van der Waals surface area contributed by atoms with Gasteiger partial charge in [-0.15, -0.1) is 0 Å². The number of rotatable bonds is 2. The van der Waals surface area contributed by atoms with Gasteiger partial charge in [-0.3, -0.25) is 9.79 Å². The van der Waals surface area contributed by atoms with Gasteiger partial charge in [0.1, 0.15) is 10.4 Å². The first-order valence-electron chi connectivity index (χ1n) is 7.47. The van der Waals surface area contributed by atoms with Gasteiger partial charge in [0.05, 0.1) is 13.0 Å². The summed E-state index contributed by atoms with van der Waals surface area (Å²) in [6.07, 6.45) is 0.418. The molecule has 23 heavy (non-hydrogen) atoms. The first kappa shape index (κ1) is 14.6. The van der Waals surface area contributed by atoms with Gasteiger partial charge in [-0.2, -0.15) is 0 Å². The molecule has 0 N–H and O–H groups in total. The molecule has 2 heterocycles. The van der Waals surface area contributed by atoms with Gasteiger partial charge in [0.2, 0.25) is 5.91 Å². The minimum atomic E-state index is -0.260. The third kappa shape index (κ3) is 2.70. The lowest BCUT2D eigenvalue weighted by Gasteiger charge is -2.29. The maximum Gasteiger partial charge on any atom is 0.227 e. The Hall–Kier alpha value is -2.01. The highest BCUT2D eigenvalue weighted by Crippen LogP contribution is 2.29. The highest BCUT2D eigenvalue weighted by Gasteiger charge is 2.26. The molecule has 0 unspecified atom stereocenters. The van der Waals surface area contributed by atoms with E-state index in [0.717, 1.165) is 21.3 Å². The van der Waals surface area contributed by atoms with Crippen LogP contribution in [0.4, 0.5) is 4.39 Å². The first-order chi connectivity index (χ1) is 11.1. The Morgan fingerprint density at radius 3 is 2.70 bits per heavy atom. The Morgan fingerprint density at radius 2 is 1.91 bits per heavy atom. The van der Waals surface area contributed by atoms with Crippen LogP contribution < -0.4 is 0 Å². The summed E-state index contributed by atoms with van der Waals surface area (Å²) in [5.41, 5.74) is 5.50. The number of amides is 1. The Bertz CT molecular complexity index is 830. The predicted octanol–water partition coefficient (Wildman–Crippen LogP) is 3.57. The van der Waals surface area contributed by atoms with Gasteiger partial charge in [-0.25, -0.2) is 4.39 Å². The van der Waals surface area contributed by atoms with Crippen LogP contribution in [0.5, 0.6) is 0 Å². The Morgan fingerprint density at radius 1 is 1.13 bits per heavy atom. The summed E-state index contributed by atoms with van der Waals surface area (Å²) in [5, 5.41) is 0. The summed E-state index contributed by atoms with van der Waals surface area (Å²) in [4.78, 5) is 18.6. The van der Waals surface area contributed by atoms with E-state index in [0.29, 0.717) is 26.1 Å². The van der Waals surface area contributed by atoms with Crippen LogP contribution in [0.15, 0.2) is 41.4 Å². The van der Waals surface area contributed by atoms with Crippen LogP contribution in [0.3, 0.4) is 0 Å². The van der Waals surface area contributed by atoms with Gasteiger partial charge in [0.25, 0.3) is 0 Å². The van der Waals surface area contributed by atoms with E-state index in [2.05, 4.69) is 33.1 Å². The van der Waals surface area contributed by atoms with Crippen LogP contribution in [-0.4, -0.2) is 15.4 Å². The molecule has 0 saturated carbocycles. The third-order valence-electron chi connectivity index (χ3n) is 4.38. The first-order valence-corrected chi connectivity index (χ1v) is 8.26. The zero-order valence-corrected chi connectivity index (χ0v) is 13.9. The summed E-state index contributed by atoms with van der Waals surface area (Å²) < 4.78 is 13.9. The van der Waals surface area contributed by atoms with Crippen LogP contribution in [0, 0.1) is 5.82 Å². The van der Waals surface area contributed by atoms with Crippen molar-refractivity contribution in [1.29, 1.82) is 0 Å². The van der Waals surface area contributed by atoms with Gasteiger partial charge in [0.15, 0.2) is 0 Å². The SMILES string of the molecule is O=C1Cc2cc3c(cc2CN1Cc1ccc(F)cc1)C(Br)=NC3. The van der Waals surface area contributed by atoms with E-state index in [1.807, 2.05) is 4.90 Å². The van der Waals surface area contributed by atoms with Crippen molar-refractivity contribution < 1.29 is 9.18 Å². The lowest BCUT2D eigenvalue weighted by atomic mass is 9.94. The highest BCUT2D eigenvalue weighted by atomic mass is 79.9. The lowest BCUT2D eigenvalue weighted by Crippen LogP contribution is -2.35. The summed E-state index contributed by atoms with van der Waals surface area (Å²) in [6.45, 7) is 1.76. The van der Waals surface area contributed by atoms with Crippen molar-refractivity contribution in [1.82, 2.24) is 4.90 Å². The molecule has 1 amide bonds. The van der Waals surface area contributed by atoms with Crippen molar-refractivity contribution in [2.45, 2.75) is 26.1 Å². The number of carbonyl (C=O) groups excluding carboxylic acids is 1. The highest BCUT2D eigenvalue weighted by molar-refractivity contribution is 9.18. The van der Waals surface area contributed by atoms with Gasteiger partial charge < -0.3 is 4.90 Å². The topological polar surface area (TPSA) is 32.7 Å². The fraction of sp³-hybridized carbons (Fsp3) is 0.222. The largest absolute Gasteiger partial charge is 0.334 e. The molecule has 0 fully saturated rings. The zero-order chi connectivity index (χ0) is 16.0. The summed E-state index contributed by atoms with van der Waals surface area (Å²) in [7, 11) is 0. The monoisotopic (exact) mass is 372 g/mol. The molecule has 0 spiro atoms. The zero-order valence-electron chi connectivity index (χ0n) is 12.4. The molecule has 0 radical (unpaired) electrons. The molecule has 2 aromatic rings. The van der Waals surface area contributed by atoms with E-state index in [9.17, 15) is 9.18 Å². The Labute approximate surface area is 142 Å². The molecule has 2 aliphatic rings. The fourth-order valence-electron chi connectivity index (χ4n) is 3.14. The van der Waals surface area contributed by atoms with Crippen molar-refractivity contribution in [2.75, 3.05) is 0 Å². The van der Waals surface area contributed by atoms with Crippen LogP contribution in [0.2, 0.25) is 0 Å². The normalized spacial score (nSPS) is 16.2. The number of halogens is 2. The number of hydrogen-bond donors (Lipinski definition) is 0. The molecule has 5 heteroatoms. The standard InChI is InChI=1S/C18H14BrFN2O/c19-18-16-6-14-10-22(9-11-1-3-15(20)4-2-11)17(23)7-12(14)5-13(16)8-21-18/h1-6H,7-10H2. The average Bonchev–Trinajstić information content (AvgIpc) is 2.89. The lowest BCUT2D eigenvalue weighted by molar-refractivity contribution is -0.132. The van der Waals surface area contributed by atoms with E-state index in [1.54, 1.807) is 12.1 Å². The predicted molar refractivity (Wildman–Crippen MR) is 90.0 cm³/mol. The quantitative estimate of drug-likeness (QED) is 0.792. The second-order valence-corrected chi connectivity index (χ2v) is 6.69. The smallest absolute Gasteiger partial charge is 0.227 e. The molecule has 3 nitrogen and oxygen atoms in total. The molecule has 0 bridgehead atoms. The van der Waals surface area contributed by atoms with Gasteiger partial charge in [-0.05, 0) is 56.4 Å². The fourth-order valence-corrected chi connectivity index (χ4v) is 3.63. The van der Waals surface area contributed by atoms with E-state index in [1.165, 1.54) is 23.3 Å². The minimum absolute atomic E-state index is 0.111. The molecular formula is C18H14BrFN2O. The molecule has 0 atom stereocenters. The van der Waals surface area contributed by atoms with Crippen molar-refractivity contribution in [3.8, 4) is 0 Å². The average molecular weight is 373 g/mol. The van der Waals surface area contributed by atoms with Crippen LogP contribution in [0.1, 0.15) is 27.8 Å². The van der Waals surface area contributed by atoms with Crippen LogP contribution in [-0.2, 0) is 30.8 Å². The summed E-state index contributed by atoms with van der Waals surface area (Å²) in [5.74, 6) is -0.150. The van der Waals surface area contributed by atoms with E-state index < -0.39 is 0 Å². The van der Waals surface area contributed by atoms with E-state index >= 15 is 0 Å². The van der Waals surface area contributed by atoms with E-state index in [4.69, 9.17) is 0 Å². The molecular weight excluding hydrogens is 359 g/mol. The van der Waals surface area contributed by atoms with Gasteiger partial charge in [-0.1, -0.05) is 18.2 Å². The van der Waals surface area contributed by atoms with Crippen molar-refractivity contribution in [3.05, 3.63) is 70.0 Å². The maximum atomic E-state index is 13.0. The van der Waals surface area contributed by atoms with Crippen LogP contribution in [0.25, 0.3) is 0 Å². The van der Waals surface area contributed by atoms with Crippen molar-refractivity contribution in [3.63, 3.8) is 0 Å². The summed E-state index contributed by atoms with van der Waals surface area (Å²) in [6, 6.07) is 10.6. The maximum absolute atomic E-state index is 13.0. The van der Waals surface area contributed by atoms with Crippen LogP contribution >= 0.6 is 15.9 Å². The molecule has 2 aromatic carbocycles. The van der Waals surface area contributed by atoms with Gasteiger partial charge in [0, 0.05) is 18.7 Å². The second-order valence-electron chi connectivity index (χ2n) is 5.94. The molecule has 0 aliphatic carbocycles. The second kappa shape index (κ2) is 5.57. The molecule has 2 aliphatic heterocycles. The number of hydrogen-bond acceptors (Lipinski definition) is 2. The molecule has 0 saturated heterocycles. The van der Waals surface area contributed by atoms with Crippen molar-refractivity contribution in [2.24, 2.45) is 4.99 Å². The van der Waals surface area contributed by atoms with E-state index in [-0.39, 0.29) is 11.7 Å². The minimum Gasteiger partial charge on any atom is -0.334 e. The third-order valence-corrected chi connectivity index (χ3v) is 5.06. The number of benzene rings is 2. The number of carbonyl (C=O) groups is 1. The Balaban J connectivity index is 1.61. The molecule has 0 aromatic heterocycles. The molecule has 4 rings (SSSR count). The summed E-state index contributed by atoms with van der Waals surface area (Å²) >= 11 is 3.49. The van der Waals surface area contributed by atoms with Gasteiger partial charge >= 0.3 is 0 Å². The van der Waals surface area contributed by atoms with Crippen molar-refractivity contribution >= 4 is 26.5 Å².